The second-order valence-electron chi connectivity index (χ2n) is 5.34. The van der Waals surface area contributed by atoms with E-state index in [0.29, 0.717) is 19.1 Å². The van der Waals surface area contributed by atoms with Gasteiger partial charge in [0.25, 0.3) is 0 Å². The summed E-state index contributed by atoms with van der Waals surface area (Å²) in [5.74, 6) is 0.931. The summed E-state index contributed by atoms with van der Waals surface area (Å²) < 4.78 is 5.89. The monoisotopic (exact) mass is 276 g/mol. The molecule has 4 heteroatoms. The lowest BCUT2D eigenvalue weighted by molar-refractivity contribution is -0.116. The Labute approximate surface area is 120 Å². The largest absolute Gasteiger partial charge is 0.490 e. The van der Waals surface area contributed by atoms with E-state index in [-0.39, 0.29) is 5.91 Å². The molecule has 0 atom stereocenters. The lowest BCUT2D eigenvalue weighted by Crippen LogP contribution is -2.12. The number of unbranched alkanes of at least 4 members (excludes halogenated alkanes) is 1. The highest BCUT2D eigenvalue weighted by Crippen LogP contribution is 2.25. The van der Waals surface area contributed by atoms with E-state index in [4.69, 9.17) is 10.5 Å². The molecule has 0 radical (unpaired) electrons. The summed E-state index contributed by atoms with van der Waals surface area (Å²) >= 11 is 0. The number of hydrogen-bond donors (Lipinski definition) is 2. The molecule has 1 aromatic rings. The summed E-state index contributed by atoms with van der Waals surface area (Å²) in [5, 5.41) is 2.89. The van der Waals surface area contributed by atoms with E-state index in [1.807, 2.05) is 24.3 Å². The van der Waals surface area contributed by atoms with E-state index in [9.17, 15) is 4.79 Å². The third kappa shape index (κ3) is 4.85. The summed E-state index contributed by atoms with van der Waals surface area (Å²) in [5.41, 5.74) is 6.23. The lowest BCUT2D eigenvalue weighted by atomic mass is 10.2. The Morgan fingerprint density at radius 2 is 1.90 bits per heavy atom. The van der Waals surface area contributed by atoms with Crippen molar-refractivity contribution in [2.24, 2.45) is 5.73 Å². The fourth-order valence-electron chi connectivity index (χ4n) is 2.47. The van der Waals surface area contributed by atoms with Crippen molar-refractivity contribution in [3.05, 3.63) is 24.3 Å². The van der Waals surface area contributed by atoms with E-state index in [1.54, 1.807) is 0 Å². The van der Waals surface area contributed by atoms with Crippen molar-refractivity contribution in [2.75, 3.05) is 11.9 Å². The Hall–Kier alpha value is -1.55. The van der Waals surface area contributed by atoms with Crippen molar-refractivity contribution in [3.63, 3.8) is 0 Å². The topological polar surface area (TPSA) is 64.4 Å². The van der Waals surface area contributed by atoms with E-state index >= 15 is 0 Å². The zero-order chi connectivity index (χ0) is 14.2. The third-order valence-corrected chi connectivity index (χ3v) is 3.60. The molecule has 4 nitrogen and oxygen atoms in total. The molecule has 1 saturated carbocycles. The Bertz CT molecular complexity index is 411. The Morgan fingerprint density at radius 3 is 2.55 bits per heavy atom. The lowest BCUT2D eigenvalue weighted by Gasteiger charge is -2.13. The molecule has 0 aromatic heterocycles. The molecule has 1 fully saturated rings. The first-order chi connectivity index (χ1) is 9.78. The maximum absolute atomic E-state index is 11.7. The molecule has 0 spiro atoms. The molecule has 1 amide bonds. The van der Waals surface area contributed by atoms with Gasteiger partial charge in [0.05, 0.1) is 6.10 Å². The Kier molecular flexibility index (Phi) is 5.87. The second kappa shape index (κ2) is 7.90. The van der Waals surface area contributed by atoms with Gasteiger partial charge in [0.1, 0.15) is 5.75 Å². The van der Waals surface area contributed by atoms with Crippen molar-refractivity contribution in [2.45, 2.75) is 51.0 Å². The number of rotatable bonds is 7. The standard InChI is InChI=1S/C16H24N2O2/c17-12-4-3-7-16(19)18-13-8-10-15(11-9-13)20-14-5-1-2-6-14/h8-11,14H,1-7,12,17H2,(H,18,19). The van der Waals surface area contributed by atoms with Crippen LogP contribution in [0.4, 0.5) is 5.69 Å². The minimum Gasteiger partial charge on any atom is -0.490 e. The normalized spacial score (nSPS) is 15.2. The van der Waals surface area contributed by atoms with Crippen LogP contribution in [0.2, 0.25) is 0 Å². The van der Waals surface area contributed by atoms with Crippen LogP contribution in [0.5, 0.6) is 5.75 Å². The number of nitrogens with one attached hydrogen (secondary N) is 1. The fraction of sp³-hybridized carbons (Fsp3) is 0.562. The van der Waals surface area contributed by atoms with Crippen molar-refractivity contribution in [1.82, 2.24) is 0 Å². The van der Waals surface area contributed by atoms with Gasteiger partial charge in [0, 0.05) is 12.1 Å². The van der Waals surface area contributed by atoms with Gasteiger partial charge in [0.15, 0.2) is 0 Å². The Morgan fingerprint density at radius 1 is 1.20 bits per heavy atom. The molecule has 3 N–H and O–H groups in total. The van der Waals surface area contributed by atoms with Gasteiger partial charge in [-0.1, -0.05) is 0 Å². The summed E-state index contributed by atoms with van der Waals surface area (Å²) in [4.78, 5) is 11.7. The number of benzene rings is 1. The molecule has 20 heavy (non-hydrogen) atoms. The highest BCUT2D eigenvalue weighted by Gasteiger charge is 2.16. The predicted octanol–water partition coefficient (Wildman–Crippen LogP) is 3.08. The number of nitrogens with two attached hydrogens (primary N) is 1. The summed E-state index contributed by atoms with van der Waals surface area (Å²) in [6.07, 6.45) is 7.46. The smallest absolute Gasteiger partial charge is 0.224 e. The number of anilines is 1. The average molecular weight is 276 g/mol. The predicted molar refractivity (Wildman–Crippen MR) is 80.9 cm³/mol. The molecule has 2 rings (SSSR count). The van der Waals surface area contributed by atoms with Crippen molar-refractivity contribution in [1.29, 1.82) is 0 Å². The number of hydrogen-bond acceptors (Lipinski definition) is 3. The first-order valence-electron chi connectivity index (χ1n) is 7.54. The minimum absolute atomic E-state index is 0.0444. The van der Waals surface area contributed by atoms with Crippen molar-refractivity contribution < 1.29 is 9.53 Å². The van der Waals surface area contributed by atoms with Gasteiger partial charge in [0.2, 0.25) is 5.91 Å². The van der Waals surface area contributed by atoms with Gasteiger partial charge in [-0.2, -0.15) is 0 Å². The molecule has 1 aliphatic carbocycles. The molecule has 0 bridgehead atoms. The molecule has 110 valence electrons. The van der Waals surface area contributed by atoms with E-state index < -0.39 is 0 Å². The zero-order valence-corrected chi connectivity index (χ0v) is 11.9. The maximum atomic E-state index is 11.7. The molecular weight excluding hydrogens is 252 g/mol. The minimum atomic E-state index is 0.0444. The first-order valence-corrected chi connectivity index (χ1v) is 7.54. The molecule has 1 aliphatic rings. The van der Waals surface area contributed by atoms with E-state index in [1.165, 1.54) is 12.8 Å². The van der Waals surface area contributed by atoms with Crippen LogP contribution in [-0.4, -0.2) is 18.6 Å². The molecule has 0 unspecified atom stereocenters. The van der Waals surface area contributed by atoms with Crippen LogP contribution in [0.3, 0.4) is 0 Å². The van der Waals surface area contributed by atoms with Gasteiger partial charge in [-0.3, -0.25) is 4.79 Å². The molecule has 0 heterocycles. The Balaban J connectivity index is 1.77. The molecule has 0 aliphatic heterocycles. The number of carbonyl (C=O) groups excluding carboxylic acids is 1. The summed E-state index contributed by atoms with van der Waals surface area (Å²) in [6, 6.07) is 7.64. The van der Waals surface area contributed by atoms with E-state index in [2.05, 4.69) is 5.32 Å². The van der Waals surface area contributed by atoms with Crippen LogP contribution < -0.4 is 15.8 Å². The van der Waals surface area contributed by atoms with Gasteiger partial charge in [-0.15, -0.1) is 0 Å². The van der Waals surface area contributed by atoms with Crippen molar-refractivity contribution >= 4 is 11.6 Å². The fourth-order valence-corrected chi connectivity index (χ4v) is 2.47. The van der Waals surface area contributed by atoms with Gasteiger partial charge in [-0.25, -0.2) is 0 Å². The molecule has 1 aromatic carbocycles. The maximum Gasteiger partial charge on any atom is 0.224 e. The first kappa shape index (κ1) is 14.9. The van der Waals surface area contributed by atoms with Crippen LogP contribution in [-0.2, 0) is 4.79 Å². The van der Waals surface area contributed by atoms with Crippen LogP contribution >= 0.6 is 0 Å². The SMILES string of the molecule is NCCCCC(=O)Nc1ccc(OC2CCCC2)cc1. The summed E-state index contributed by atoms with van der Waals surface area (Å²) in [7, 11) is 0. The van der Waals surface area contributed by atoms with E-state index in [0.717, 1.165) is 37.1 Å². The number of ether oxygens (including phenoxy) is 1. The number of amides is 1. The highest BCUT2D eigenvalue weighted by molar-refractivity contribution is 5.90. The van der Waals surface area contributed by atoms with Gasteiger partial charge in [-0.05, 0) is 69.3 Å². The van der Waals surface area contributed by atoms with Gasteiger partial charge >= 0.3 is 0 Å². The zero-order valence-electron chi connectivity index (χ0n) is 11.9. The van der Waals surface area contributed by atoms with Crippen LogP contribution in [0.1, 0.15) is 44.9 Å². The molecular formula is C16H24N2O2. The number of carbonyl (C=O) groups is 1. The van der Waals surface area contributed by atoms with Crippen molar-refractivity contribution in [3.8, 4) is 5.75 Å². The highest BCUT2D eigenvalue weighted by atomic mass is 16.5. The average Bonchev–Trinajstić information content (AvgIpc) is 2.94. The second-order valence-corrected chi connectivity index (χ2v) is 5.34. The molecule has 0 saturated heterocycles. The van der Waals surface area contributed by atoms with Gasteiger partial charge < -0.3 is 15.8 Å². The van der Waals surface area contributed by atoms with Crippen LogP contribution in [0.15, 0.2) is 24.3 Å². The van der Waals surface area contributed by atoms with Crippen LogP contribution in [0.25, 0.3) is 0 Å². The summed E-state index contributed by atoms with van der Waals surface area (Å²) in [6.45, 7) is 0.639. The third-order valence-electron chi connectivity index (χ3n) is 3.60. The quantitative estimate of drug-likeness (QED) is 0.752. The van der Waals surface area contributed by atoms with Crippen LogP contribution in [0, 0.1) is 0 Å².